The van der Waals surface area contributed by atoms with Gasteiger partial charge in [0.15, 0.2) is 0 Å². The third kappa shape index (κ3) is 4.86. The summed E-state index contributed by atoms with van der Waals surface area (Å²) in [6.45, 7) is 6.31. The first-order valence-corrected chi connectivity index (χ1v) is 8.47. The van der Waals surface area contributed by atoms with Crippen LogP contribution in [-0.2, 0) is 10.0 Å². The molecule has 0 radical (unpaired) electrons. The third-order valence-corrected chi connectivity index (χ3v) is 5.44. The molecule has 0 aromatic heterocycles. The molecule has 1 aliphatic carbocycles. The Balaban J connectivity index is 2.70. The molecular weight excluding hydrogens is 250 g/mol. The van der Waals surface area contributed by atoms with E-state index >= 15 is 0 Å². The Hall–Kier alpha value is -0.130. The Bertz CT molecular complexity index is 340. The van der Waals surface area contributed by atoms with Crippen molar-refractivity contribution >= 4 is 10.0 Å². The van der Waals surface area contributed by atoms with Gasteiger partial charge < -0.3 is 5.11 Å². The molecule has 0 saturated heterocycles. The Labute approximate surface area is 111 Å². The summed E-state index contributed by atoms with van der Waals surface area (Å²) in [6, 6.07) is 0.113. The van der Waals surface area contributed by atoms with Gasteiger partial charge in [0.25, 0.3) is 0 Å². The predicted molar refractivity (Wildman–Crippen MR) is 73.9 cm³/mol. The highest BCUT2D eigenvalue weighted by Gasteiger charge is 2.32. The molecule has 0 amide bonds. The second-order valence-corrected chi connectivity index (χ2v) is 8.44. The van der Waals surface area contributed by atoms with E-state index in [4.69, 9.17) is 5.11 Å². The summed E-state index contributed by atoms with van der Waals surface area (Å²) in [5.74, 6) is 0.188. The quantitative estimate of drug-likeness (QED) is 0.808. The fourth-order valence-electron chi connectivity index (χ4n) is 2.39. The van der Waals surface area contributed by atoms with Gasteiger partial charge in [0.1, 0.15) is 0 Å². The average Bonchev–Trinajstić information content (AvgIpc) is 2.75. The highest BCUT2D eigenvalue weighted by Crippen LogP contribution is 2.27. The van der Waals surface area contributed by atoms with Gasteiger partial charge in [-0.15, -0.1) is 0 Å². The van der Waals surface area contributed by atoms with E-state index in [1.807, 2.05) is 0 Å². The molecule has 0 unspecified atom stereocenters. The molecule has 0 aromatic carbocycles. The number of hydrogen-bond acceptors (Lipinski definition) is 3. The van der Waals surface area contributed by atoms with Crippen molar-refractivity contribution in [3.63, 3.8) is 0 Å². The first kappa shape index (κ1) is 15.9. The van der Waals surface area contributed by atoms with Gasteiger partial charge in [0.2, 0.25) is 10.0 Å². The molecule has 1 aliphatic rings. The van der Waals surface area contributed by atoms with Crippen LogP contribution in [0.15, 0.2) is 0 Å². The van der Waals surface area contributed by atoms with Crippen LogP contribution in [0.4, 0.5) is 0 Å². The molecule has 0 atom stereocenters. The predicted octanol–water partition coefficient (Wildman–Crippen LogP) is 1.99. The Kier molecular flexibility index (Phi) is 5.62. The van der Waals surface area contributed by atoms with Crippen molar-refractivity contribution < 1.29 is 13.5 Å². The SMILES string of the molecule is CC(C)(C)CCS(=O)(=O)N(CCO)C1CCCC1. The zero-order valence-corrected chi connectivity index (χ0v) is 12.7. The fraction of sp³-hybridized carbons (Fsp3) is 1.00. The summed E-state index contributed by atoms with van der Waals surface area (Å²) < 4.78 is 26.3. The van der Waals surface area contributed by atoms with Crippen LogP contribution >= 0.6 is 0 Å². The standard InChI is InChI=1S/C13H27NO3S/c1-13(2,3)8-11-18(16,17)14(9-10-15)12-6-4-5-7-12/h12,15H,4-11H2,1-3H3. The fourth-order valence-corrected chi connectivity index (χ4v) is 4.52. The first-order valence-electron chi connectivity index (χ1n) is 6.87. The number of aliphatic hydroxyl groups excluding tert-OH is 1. The maximum absolute atomic E-state index is 12.4. The molecule has 0 spiro atoms. The van der Waals surface area contributed by atoms with Gasteiger partial charge in [-0.1, -0.05) is 33.6 Å². The average molecular weight is 277 g/mol. The van der Waals surface area contributed by atoms with Crippen molar-refractivity contribution in [1.82, 2.24) is 4.31 Å². The van der Waals surface area contributed by atoms with Crippen LogP contribution in [0.5, 0.6) is 0 Å². The summed E-state index contributed by atoms with van der Waals surface area (Å²) in [7, 11) is -3.23. The number of nitrogens with zero attached hydrogens (tertiary/aromatic N) is 1. The molecule has 4 nitrogen and oxygen atoms in total. The lowest BCUT2D eigenvalue weighted by Gasteiger charge is -2.29. The van der Waals surface area contributed by atoms with Crippen LogP contribution in [0.25, 0.3) is 0 Å². The van der Waals surface area contributed by atoms with Gasteiger partial charge in [0, 0.05) is 12.6 Å². The number of hydrogen-bond donors (Lipinski definition) is 1. The van der Waals surface area contributed by atoms with Gasteiger partial charge >= 0.3 is 0 Å². The molecule has 1 saturated carbocycles. The van der Waals surface area contributed by atoms with E-state index in [1.165, 1.54) is 0 Å². The molecule has 1 fully saturated rings. The third-order valence-electron chi connectivity index (χ3n) is 3.52. The maximum Gasteiger partial charge on any atom is 0.214 e. The van der Waals surface area contributed by atoms with Crippen molar-refractivity contribution in [2.45, 2.75) is 58.9 Å². The largest absolute Gasteiger partial charge is 0.395 e. The van der Waals surface area contributed by atoms with Crippen molar-refractivity contribution in [1.29, 1.82) is 0 Å². The molecule has 0 bridgehead atoms. The first-order chi connectivity index (χ1) is 8.26. The summed E-state index contributed by atoms with van der Waals surface area (Å²) >= 11 is 0. The second kappa shape index (κ2) is 6.35. The van der Waals surface area contributed by atoms with Gasteiger partial charge in [-0.3, -0.25) is 0 Å². The van der Waals surface area contributed by atoms with Crippen LogP contribution in [0.1, 0.15) is 52.9 Å². The summed E-state index contributed by atoms with van der Waals surface area (Å²) in [5, 5.41) is 9.08. The van der Waals surface area contributed by atoms with E-state index in [-0.39, 0.29) is 30.4 Å². The van der Waals surface area contributed by atoms with Crippen molar-refractivity contribution in [3.05, 3.63) is 0 Å². The molecule has 1 N–H and O–H groups in total. The van der Waals surface area contributed by atoms with Gasteiger partial charge in [-0.05, 0) is 24.7 Å². The number of aliphatic hydroxyl groups is 1. The highest BCUT2D eigenvalue weighted by atomic mass is 32.2. The van der Waals surface area contributed by atoms with Crippen molar-refractivity contribution in [2.24, 2.45) is 5.41 Å². The van der Waals surface area contributed by atoms with Crippen LogP contribution < -0.4 is 0 Å². The smallest absolute Gasteiger partial charge is 0.214 e. The van der Waals surface area contributed by atoms with E-state index in [1.54, 1.807) is 4.31 Å². The molecule has 0 aliphatic heterocycles. The molecule has 5 heteroatoms. The van der Waals surface area contributed by atoms with Gasteiger partial charge in [0.05, 0.1) is 12.4 Å². The zero-order chi connectivity index (χ0) is 13.8. The lowest BCUT2D eigenvalue weighted by Crippen LogP contribution is -2.42. The number of rotatable bonds is 6. The summed E-state index contributed by atoms with van der Waals surface area (Å²) in [4.78, 5) is 0. The molecule has 18 heavy (non-hydrogen) atoms. The molecular formula is C13H27NO3S. The van der Waals surface area contributed by atoms with Crippen molar-refractivity contribution in [2.75, 3.05) is 18.9 Å². The summed E-state index contributed by atoms with van der Waals surface area (Å²) in [5.41, 5.74) is 0.0215. The lowest BCUT2D eigenvalue weighted by atomic mass is 9.94. The second-order valence-electron chi connectivity index (χ2n) is 6.40. The minimum atomic E-state index is -3.23. The van der Waals surface area contributed by atoms with E-state index in [0.29, 0.717) is 6.42 Å². The Morgan fingerprint density at radius 1 is 1.22 bits per heavy atom. The monoisotopic (exact) mass is 277 g/mol. The molecule has 108 valence electrons. The highest BCUT2D eigenvalue weighted by molar-refractivity contribution is 7.89. The van der Waals surface area contributed by atoms with E-state index in [2.05, 4.69) is 20.8 Å². The van der Waals surface area contributed by atoms with Gasteiger partial charge in [-0.25, -0.2) is 8.42 Å². The number of sulfonamides is 1. The van der Waals surface area contributed by atoms with E-state index in [9.17, 15) is 8.42 Å². The molecule has 0 aromatic rings. The molecule has 0 heterocycles. The van der Waals surface area contributed by atoms with Crippen LogP contribution in [-0.4, -0.2) is 42.8 Å². The lowest BCUT2D eigenvalue weighted by molar-refractivity contribution is 0.225. The Morgan fingerprint density at radius 2 is 1.78 bits per heavy atom. The topological polar surface area (TPSA) is 57.6 Å². The molecule has 1 rings (SSSR count). The zero-order valence-electron chi connectivity index (χ0n) is 11.9. The minimum absolute atomic E-state index is 0.0215. The Morgan fingerprint density at radius 3 is 2.22 bits per heavy atom. The minimum Gasteiger partial charge on any atom is -0.395 e. The van der Waals surface area contributed by atoms with E-state index in [0.717, 1.165) is 25.7 Å². The van der Waals surface area contributed by atoms with E-state index < -0.39 is 10.0 Å². The van der Waals surface area contributed by atoms with Gasteiger partial charge in [-0.2, -0.15) is 4.31 Å². The van der Waals surface area contributed by atoms with Crippen LogP contribution in [0, 0.1) is 5.41 Å². The van der Waals surface area contributed by atoms with Crippen LogP contribution in [0.2, 0.25) is 0 Å². The normalized spacial score (nSPS) is 18.7. The maximum atomic E-state index is 12.4. The summed E-state index contributed by atoms with van der Waals surface area (Å²) in [6.07, 6.45) is 4.73. The van der Waals surface area contributed by atoms with Crippen LogP contribution in [0.3, 0.4) is 0 Å². The van der Waals surface area contributed by atoms with Crippen molar-refractivity contribution in [3.8, 4) is 0 Å².